The predicted molar refractivity (Wildman–Crippen MR) is 75.9 cm³/mol. The minimum atomic E-state index is -0.614. The van der Waals surface area contributed by atoms with Gasteiger partial charge in [-0.05, 0) is 42.9 Å². The number of hydrogen-bond acceptors (Lipinski definition) is 3. The molecule has 106 valence electrons. The molecule has 1 saturated carbocycles. The summed E-state index contributed by atoms with van der Waals surface area (Å²) in [6.45, 7) is 1.92. The van der Waals surface area contributed by atoms with Gasteiger partial charge in [-0.2, -0.15) is 0 Å². The summed E-state index contributed by atoms with van der Waals surface area (Å²) < 4.78 is 11.0. The highest BCUT2D eigenvalue weighted by Gasteiger charge is 2.20. The van der Waals surface area contributed by atoms with Gasteiger partial charge < -0.3 is 14.6 Å². The van der Waals surface area contributed by atoms with E-state index in [0.717, 1.165) is 31.3 Å². The molecule has 1 aliphatic carbocycles. The first kappa shape index (κ1) is 14.6. The molecule has 0 saturated heterocycles. The topological polar surface area (TPSA) is 38.7 Å². The van der Waals surface area contributed by atoms with Crippen LogP contribution in [0.1, 0.15) is 18.4 Å². The van der Waals surface area contributed by atoms with Gasteiger partial charge in [0.2, 0.25) is 0 Å². The minimum absolute atomic E-state index is 0.191. The molecule has 1 aromatic carbocycles. The molecular formula is C15H21ClO3. The van der Waals surface area contributed by atoms with Crippen LogP contribution in [0.5, 0.6) is 5.75 Å². The molecule has 1 atom stereocenters. The SMILES string of the molecule is O[C@@H](CCl)COc1ccc(CCOCC2CC2)cc1. The van der Waals surface area contributed by atoms with Crippen LogP contribution in [0.25, 0.3) is 0 Å². The average molecular weight is 285 g/mol. The second kappa shape index (κ2) is 7.73. The van der Waals surface area contributed by atoms with Gasteiger partial charge in [0.05, 0.1) is 12.5 Å². The molecule has 0 aliphatic heterocycles. The summed E-state index contributed by atoms with van der Waals surface area (Å²) in [5.41, 5.74) is 1.24. The fourth-order valence-corrected chi connectivity index (χ4v) is 1.80. The van der Waals surface area contributed by atoms with Gasteiger partial charge in [0.1, 0.15) is 18.5 Å². The average Bonchev–Trinajstić information content (AvgIpc) is 3.26. The zero-order valence-corrected chi connectivity index (χ0v) is 11.8. The Morgan fingerprint density at radius 2 is 2.00 bits per heavy atom. The van der Waals surface area contributed by atoms with Crippen molar-refractivity contribution in [1.29, 1.82) is 0 Å². The molecule has 0 radical (unpaired) electrons. The number of rotatable bonds is 9. The lowest BCUT2D eigenvalue weighted by Crippen LogP contribution is -2.18. The lowest BCUT2D eigenvalue weighted by molar-refractivity contribution is 0.125. The summed E-state index contributed by atoms with van der Waals surface area (Å²) >= 11 is 5.50. The van der Waals surface area contributed by atoms with Crippen LogP contribution in [0.2, 0.25) is 0 Å². The van der Waals surface area contributed by atoms with Gasteiger partial charge in [-0.1, -0.05) is 12.1 Å². The van der Waals surface area contributed by atoms with Crippen molar-refractivity contribution in [3.63, 3.8) is 0 Å². The summed E-state index contributed by atoms with van der Waals surface area (Å²) in [5.74, 6) is 1.77. The quantitative estimate of drug-likeness (QED) is 0.560. The fourth-order valence-electron chi connectivity index (χ4n) is 1.71. The Kier molecular flexibility index (Phi) is 5.95. The van der Waals surface area contributed by atoms with Crippen molar-refractivity contribution < 1.29 is 14.6 Å². The van der Waals surface area contributed by atoms with Gasteiger partial charge in [-0.15, -0.1) is 11.6 Å². The third-order valence-electron chi connectivity index (χ3n) is 3.13. The van der Waals surface area contributed by atoms with Gasteiger partial charge in [-0.3, -0.25) is 0 Å². The normalized spacial score (nSPS) is 16.3. The number of aliphatic hydroxyl groups is 1. The van der Waals surface area contributed by atoms with E-state index in [4.69, 9.17) is 21.1 Å². The highest BCUT2D eigenvalue weighted by molar-refractivity contribution is 6.18. The number of halogens is 1. The molecule has 3 nitrogen and oxygen atoms in total. The zero-order valence-electron chi connectivity index (χ0n) is 11.1. The van der Waals surface area contributed by atoms with E-state index in [-0.39, 0.29) is 12.5 Å². The molecule has 1 N–H and O–H groups in total. The molecule has 1 fully saturated rings. The number of ether oxygens (including phenoxy) is 2. The predicted octanol–water partition coefficient (Wildman–Crippen LogP) is 2.63. The Labute approximate surface area is 119 Å². The Bertz CT molecular complexity index is 362. The molecule has 0 spiro atoms. The second-order valence-electron chi connectivity index (χ2n) is 5.03. The molecule has 0 aromatic heterocycles. The largest absolute Gasteiger partial charge is 0.491 e. The van der Waals surface area contributed by atoms with E-state index in [1.807, 2.05) is 24.3 Å². The van der Waals surface area contributed by atoms with E-state index >= 15 is 0 Å². The fraction of sp³-hybridized carbons (Fsp3) is 0.600. The van der Waals surface area contributed by atoms with E-state index in [0.29, 0.717) is 0 Å². The molecule has 19 heavy (non-hydrogen) atoms. The van der Waals surface area contributed by atoms with Crippen LogP contribution in [0, 0.1) is 5.92 Å². The summed E-state index contributed by atoms with van der Waals surface area (Å²) in [7, 11) is 0. The van der Waals surface area contributed by atoms with Crippen LogP contribution in [0.4, 0.5) is 0 Å². The summed E-state index contributed by atoms with van der Waals surface area (Å²) in [5, 5.41) is 9.29. The maximum atomic E-state index is 9.29. The Morgan fingerprint density at radius 3 is 2.63 bits per heavy atom. The number of aliphatic hydroxyl groups excluding tert-OH is 1. The van der Waals surface area contributed by atoms with Gasteiger partial charge in [0.25, 0.3) is 0 Å². The van der Waals surface area contributed by atoms with Gasteiger partial charge >= 0.3 is 0 Å². The van der Waals surface area contributed by atoms with Crippen molar-refractivity contribution in [1.82, 2.24) is 0 Å². The molecule has 4 heteroatoms. The molecule has 1 aromatic rings. The first-order valence-corrected chi connectivity index (χ1v) is 7.35. The lowest BCUT2D eigenvalue weighted by atomic mass is 10.1. The van der Waals surface area contributed by atoms with Crippen molar-refractivity contribution in [2.45, 2.75) is 25.4 Å². The lowest BCUT2D eigenvalue weighted by Gasteiger charge is -2.10. The van der Waals surface area contributed by atoms with Crippen molar-refractivity contribution in [2.75, 3.05) is 25.7 Å². The monoisotopic (exact) mass is 284 g/mol. The number of benzene rings is 1. The summed E-state index contributed by atoms with van der Waals surface area (Å²) in [6, 6.07) is 7.89. The molecule has 2 rings (SSSR count). The maximum Gasteiger partial charge on any atom is 0.119 e. The van der Waals surface area contributed by atoms with Gasteiger partial charge in [0.15, 0.2) is 0 Å². The van der Waals surface area contributed by atoms with E-state index in [1.165, 1.54) is 18.4 Å². The first-order valence-electron chi connectivity index (χ1n) is 6.81. The third kappa shape index (κ3) is 5.81. The van der Waals surface area contributed by atoms with Crippen LogP contribution in [-0.2, 0) is 11.2 Å². The minimum Gasteiger partial charge on any atom is -0.491 e. The van der Waals surface area contributed by atoms with E-state index < -0.39 is 6.10 Å². The zero-order chi connectivity index (χ0) is 13.5. The molecule has 0 bridgehead atoms. The van der Waals surface area contributed by atoms with Crippen molar-refractivity contribution >= 4 is 11.6 Å². The molecule has 0 amide bonds. The maximum absolute atomic E-state index is 9.29. The van der Waals surface area contributed by atoms with Crippen molar-refractivity contribution in [2.24, 2.45) is 5.92 Å². The van der Waals surface area contributed by atoms with Crippen LogP contribution in [0.15, 0.2) is 24.3 Å². The molecular weight excluding hydrogens is 264 g/mol. The highest BCUT2D eigenvalue weighted by Crippen LogP contribution is 2.28. The van der Waals surface area contributed by atoms with Crippen LogP contribution in [0.3, 0.4) is 0 Å². The van der Waals surface area contributed by atoms with Gasteiger partial charge in [0, 0.05) is 6.61 Å². The van der Waals surface area contributed by atoms with E-state index in [2.05, 4.69) is 0 Å². The molecule has 0 heterocycles. The van der Waals surface area contributed by atoms with Gasteiger partial charge in [-0.25, -0.2) is 0 Å². The van der Waals surface area contributed by atoms with E-state index in [9.17, 15) is 5.11 Å². The third-order valence-corrected chi connectivity index (χ3v) is 3.49. The Balaban J connectivity index is 1.65. The standard InChI is InChI=1S/C15H21ClO3/c16-9-14(17)11-19-15-5-3-12(4-6-15)7-8-18-10-13-1-2-13/h3-6,13-14,17H,1-2,7-11H2/t14-/m0/s1. The number of alkyl halides is 1. The Hall–Kier alpha value is -0.770. The summed E-state index contributed by atoms with van der Waals surface area (Å²) in [6.07, 6.45) is 2.98. The molecule has 1 aliphatic rings. The van der Waals surface area contributed by atoms with Crippen LogP contribution < -0.4 is 4.74 Å². The molecule has 0 unspecified atom stereocenters. The van der Waals surface area contributed by atoms with E-state index in [1.54, 1.807) is 0 Å². The van der Waals surface area contributed by atoms with Crippen LogP contribution in [-0.4, -0.2) is 36.9 Å². The summed E-state index contributed by atoms with van der Waals surface area (Å²) in [4.78, 5) is 0. The van der Waals surface area contributed by atoms with Crippen LogP contribution >= 0.6 is 11.6 Å². The van der Waals surface area contributed by atoms with Crippen molar-refractivity contribution in [3.8, 4) is 5.75 Å². The smallest absolute Gasteiger partial charge is 0.119 e. The Morgan fingerprint density at radius 1 is 1.26 bits per heavy atom. The first-order chi connectivity index (χ1) is 9.28. The highest BCUT2D eigenvalue weighted by atomic mass is 35.5. The number of hydrogen-bond donors (Lipinski definition) is 1. The second-order valence-corrected chi connectivity index (χ2v) is 5.34. The van der Waals surface area contributed by atoms with Crippen molar-refractivity contribution in [3.05, 3.63) is 29.8 Å².